The summed E-state index contributed by atoms with van der Waals surface area (Å²) in [4.78, 5) is 0. The van der Waals surface area contributed by atoms with Crippen molar-refractivity contribution in [1.82, 2.24) is 0 Å². The topological polar surface area (TPSA) is 73.8 Å². The lowest BCUT2D eigenvalue weighted by molar-refractivity contribution is -0.00297. The molecule has 0 aliphatic heterocycles. The molecule has 0 aliphatic carbocycles. The summed E-state index contributed by atoms with van der Waals surface area (Å²) in [7, 11) is 9.58. The van der Waals surface area contributed by atoms with Crippen molar-refractivity contribution in [2.45, 2.75) is 32.0 Å². The number of benzene rings is 3. The second-order valence-electron chi connectivity index (χ2n) is 9.42. The summed E-state index contributed by atoms with van der Waals surface area (Å²) >= 11 is 0. The van der Waals surface area contributed by atoms with Gasteiger partial charge in [0.05, 0.1) is 42.7 Å². The number of ether oxygens (including phenoxy) is 8. The van der Waals surface area contributed by atoms with E-state index in [4.69, 9.17) is 37.9 Å². The monoisotopic (exact) mass is 590 g/mol. The largest absolute Gasteiger partial charge is 0.493 e. The van der Waals surface area contributed by atoms with Crippen molar-refractivity contribution in [2.24, 2.45) is 0 Å². The molecule has 0 unspecified atom stereocenters. The lowest BCUT2D eigenvalue weighted by atomic mass is 10.00. The van der Waals surface area contributed by atoms with E-state index in [2.05, 4.69) is 19.7 Å². The van der Waals surface area contributed by atoms with Crippen LogP contribution in [0.2, 0.25) is 0 Å². The maximum absolute atomic E-state index is 6.49. The van der Waals surface area contributed by atoms with Gasteiger partial charge in [0, 0.05) is 29.7 Å². The Balaban J connectivity index is 1.90. The Bertz CT molecular complexity index is 1340. The maximum Gasteiger partial charge on any atom is 0.241 e. The van der Waals surface area contributed by atoms with Gasteiger partial charge in [-0.2, -0.15) is 0 Å². The average Bonchev–Trinajstić information content (AvgIpc) is 3.05. The summed E-state index contributed by atoms with van der Waals surface area (Å²) in [6.07, 6.45) is 7.60. The molecule has 43 heavy (non-hydrogen) atoms. The van der Waals surface area contributed by atoms with E-state index in [-0.39, 0.29) is 0 Å². The normalized spacial score (nSPS) is 10.5. The van der Waals surface area contributed by atoms with Crippen LogP contribution in [-0.4, -0.2) is 48.9 Å². The fourth-order valence-corrected chi connectivity index (χ4v) is 4.67. The van der Waals surface area contributed by atoms with E-state index in [1.165, 1.54) is 0 Å². The van der Waals surface area contributed by atoms with E-state index in [0.29, 0.717) is 52.4 Å². The third-order valence-corrected chi connectivity index (χ3v) is 6.99. The van der Waals surface area contributed by atoms with Crippen molar-refractivity contribution in [3.05, 3.63) is 78.4 Å². The lowest BCUT2D eigenvalue weighted by Crippen LogP contribution is -2.25. The highest BCUT2D eigenvalue weighted by molar-refractivity contribution is 5.64. The molecule has 230 valence electrons. The van der Waals surface area contributed by atoms with Gasteiger partial charge in [0.1, 0.15) is 11.5 Å². The van der Waals surface area contributed by atoms with Crippen molar-refractivity contribution in [3.8, 4) is 46.0 Å². The third-order valence-electron chi connectivity index (χ3n) is 6.99. The highest BCUT2D eigenvalue weighted by atomic mass is 16.7. The summed E-state index contributed by atoms with van der Waals surface area (Å²) in [6.45, 7) is 11.9. The van der Waals surface area contributed by atoms with Gasteiger partial charge in [-0.05, 0) is 54.7 Å². The minimum atomic E-state index is -0.669. The van der Waals surface area contributed by atoms with Gasteiger partial charge >= 0.3 is 0 Å². The first-order valence-corrected chi connectivity index (χ1v) is 13.9. The Labute approximate surface area is 255 Å². The highest BCUT2D eigenvalue weighted by Gasteiger charge is 2.20. The third kappa shape index (κ3) is 7.97. The van der Waals surface area contributed by atoms with E-state index >= 15 is 0 Å². The maximum atomic E-state index is 6.49. The Morgan fingerprint density at radius 1 is 0.488 bits per heavy atom. The molecule has 0 amide bonds. The van der Waals surface area contributed by atoms with Crippen LogP contribution in [0.1, 0.15) is 41.5 Å². The van der Waals surface area contributed by atoms with Crippen molar-refractivity contribution in [1.29, 1.82) is 0 Å². The van der Waals surface area contributed by atoms with Crippen molar-refractivity contribution in [3.63, 3.8) is 0 Å². The number of hydrogen-bond acceptors (Lipinski definition) is 8. The molecule has 3 rings (SSSR count). The van der Waals surface area contributed by atoms with E-state index in [0.717, 1.165) is 41.5 Å². The summed E-state index contributed by atoms with van der Waals surface area (Å²) in [5.41, 5.74) is 3.60. The van der Waals surface area contributed by atoms with E-state index in [9.17, 15) is 0 Å². The molecule has 0 spiro atoms. The van der Waals surface area contributed by atoms with Gasteiger partial charge in [0.25, 0.3) is 0 Å². The molecular weight excluding hydrogens is 548 g/mol. The summed E-state index contributed by atoms with van der Waals surface area (Å²) in [6, 6.07) is 11.1. The van der Waals surface area contributed by atoms with Gasteiger partial charge in [0.15, 0.2) is 34.5 Å². The molecule has 0 heterocycles. The molecule has 3 aromatic carbocycles. The number of unbranched alkanes of at least 4 members (excludes halogenated alkanes) is 1. The number of methoxy groups -OCH3 is 6. The lowest BCUT2D eigenvalue weighted by Gasteiger charge is -2.24. The Morgan fingerprint density at radius 3 is 1.26 bits per heavy atom. The second-order valence-corrected chi connectivity index (χ2v) is 9.42. The van der Waals surface area contributed by atoms with Crippen LogP contribution in [0.15, 0.2) is 56.1 Å². The molecule has 0 atom stereocenters. The van der Waals surface area contributed by atoms with E-state index < -0.39 is 6.29 Å². The van der Waals surface area contributed by atoms with Gasteiger partial charge in [-0.25, -0.2) is 0 Å². The first kappa shape index (κ1) is 32.8. The van der Waals surface area contributed by atoms with E-state index in [1.807, 2.05) is 30.3 Å². The van der Waals surface area contributed by atoms with E-state index in [1.54, 1.807) is 66.9 Å². The standard InChI is InChI=1S/C35H42O8/c1-10-23-17-29(36-4)32(39-7)20-26(23)15-13-14-16-35(42-27-21-33(40-8)30(37-5)18-24(27)11-2)43-28-22-34(41-9)31(38-6)19-25(28)12-3/h10-12,17-22,35H,1-3,13-16H2,4-9H3. The first-order chi connectivity index (χ1) is 20.9. The van der Waals surface area contributed by atoms with Crippen LogP contribution in [0.25, 0.3) is 18.2 Å². The Kier molecular flexibility index (Phi) is 12.2. The molecule has 0 fully saturated rings. The highest BCUT2D eigenvalue weighted by Crippen LogP contribution is 2.39. The number of aryl methyl sites for hydroxylation is 1. The predicted molar refractivity (Wildman–Crippen MR) is 172 cm³/mol. The molecule has 3 aromatic rings. The molecule has 0 aromatic heterocycles. The fourth-order valence-electron chi connectivity index (χ4n) is 4.67. The minimum absolute atomic E-state index is 0.533. The second kappa shape index (κ2) is 16.1. The zero-order valence-electron chi connectivity index (χ0n) is 26.0. The van der Waals surface area contributed by atoms with Crippen molar-refractivity contribution in [2.75, 3.05) is 42.7 Å². The van der Waals surface area contributed by atoms with Gasteiger partial charge in [-0.3, -0.25) is 0 Å². The first-order valence-electron chi connectivity index (χ1n) is 13.9. The molecule has 0 aliphatic rings. The molecule has 0 saturated heterocycles. The van der Waals surface area contributed by atoms with Gasteiger partial charge < -0.3 is 37.9 Å². The average molecular weight is 591 g/mol. The van der Waals surface area contributed by atoms with Crippen molar-refractivity contribution < 1.29 is 37.9 Å². The summed E-state index contributed by atoms with van der Waals surface area (Å²) in [5, 5.41) is 0. The predicted octanol–water partition coefficient (Wildman–Crippen LogP) is 7.86. The Hall–Kier alpha value is -4.72. The molecule has 8 nitrogen and oxygen atoms in total. The SMILES string of the molecule is C=Cc1cc(OC)c(OC)cc1CCCCC(Oc1cc(OC)c(OC)cc1C=C)Oc1cc(OC)c(OC)cc1C=C. The summed E-state index contributed by atoms with van der Waals surface area (Å²) < 4.78 is 45.9. The molecule has 0 saturated carbocycles. The number of hydrogen-bond donors (Lipinski definition) is 0. The Morgan fingerprint density at radius 2 is 0.860 bits per heavy atom. The van der Waals surface area contributed by atoms with Crippen LogP contribution in [0.5, 0.6) is 46.0 Å². The molecule has 0 N–H and O–H groups in total. The van der Waals surface area contributed by atoms with Gasteiger partial charge in [0.2, 0.25) is 6.29 Å². The van der Waals surface area contributed by atoms with Crippen LogP contribution in [0.3, 0.4) is 0 Å². The van der Waals surface area contributed by atoms with Crippen LogP contribution in [-0.2, 0) is 6.42 Å². The molecule has 0 bridgehead atoms. The number of rotatable bonds is 18. The fraction of sp³-hybridized carbons (Fsp3) is 0.314. The zero-order valence-corrected chi connectivity index (χ0v) is 26.0. The zero-order chi connectivity index (χ0) is 31.4. The van der Waals surface area contributed by atoms with Gasteiger partial charge in [-0.15, -0.1) is 0 Å². The quantitative estimate of drug-likeness (QED) is 0.109. The molecule has 8 heteroatoms. The molecular formula is C35H42O8. The minimum Gasteiger partial charge on any atom is -0.493 e. The van der Waals surface area contributed by atoms with Crippen LogP contribution in [0.4, 0.5) is 0 Å². The van der Waals surface area contributed by atoms with Crippen LogP contribution >= 0.6 is 0 Å². The van der Waals surface area contributed by atoms with Crippen LogP contribution in [0, 0.1) is 0 Å². The summed E-state index contributed by atoms with van der Waals surface area (Å²) in [5.74, 6) is 4.66. The molecule has 0 radical (unpaired) electrons. The van der Waals surface area contributed by atoms with Crippen molar-refractivity contribution >= 4 is 18.2 Å². The smallest absolute Gasteiger partial charge is 0.241 e. The van der Waals surface area contributed by atoms with Gasteiger partial charge in [-0.1, -0.05) is 38.0 Å². The van der Waals surface area contributed by atoms with Crippen LogP contribution < -0.4 is 37.9 Å².